The van der Waals surface area contributed by atoms with Gasteiger partial charge in [-0.1, -0.05) is 18.2 Å². The molecule has 1 atom stereocenters. The molecule has 3 rings (SSSR count). The SMILES string of the molecule is O=C(O)C1CN(C(=O)c2ccc(I)cc2)c2ccccc21. The summed E-state index contributed by atoms with van der Waals surface area (Å²) in [7, 11) is 0. The molecule has 1 amide bonds. The number of amides is 1. The van der Waals surface area contributed by atoms with Crippen LogP contribution in [0.25, 0.3) is 0 Å². The van der Waals surface area contributed by atoms with Crippen LogP contribution < -0.4 is 4.90 Å². The molecular weight excluding hydrogens is 381 g/mol. The molecule has 1 unspecified atom stereocenters. The van der Waals surface area contributed by atoms with Gasteiger partial charge in [0, 0.05) is 21.4 Å². The second-order valence-electron chi connectivity index (χ2n) is 4.87. The molecule has 1 aliphatic rings. The van der Waals surface area contributed by atoms with Crippen molar-refractivity contribution in [3.05, 3.63) is 63.2 Å². The zero-order valence-electron chi connectivity index (χ0n) is 11.0. The Balaban J connectivity index is 1.98. The monoisotopic (exact) mass is 393 g/mol. The van der Waals surface area contributed by atoms with Crippen LogP contribution >= 0.6 is 22.6 Å². The number of rotatable bonds is 2. The van der Waals surface area contributed by atoms with Crippen molar-refractivity contribution in [2.24, 2.45) is 0 Å². The third-order valence-electron chi connectivity index (χ3n) is 3.60. The number of aliphatic carboxylic acids is 1. The molecule has 1 N–H and O–H groups in total. The summed E-state index contributed by atoms with van der Waals surface area (Å²) in [5.74, 6) is -1.73. The Morgan fingerprint density at radius 2 is 1.76 bits per heavy atom. The number of halogens is 1. The molecule has 0 aliphatic carbocycles. The number of carboxylic acids is 1. The molecule has 0 fully saturated rings. The van der Waals surface area contributed by atoms with Gasteiger partial charge in [-0.3, -0.25) is 9.59 Å². The van der Waals surface area contributed by atoms with Gasteiger partial charge >= 0.3 is 5.97 Å². The fraction of sp³-hybridized carbons (Fsp3) is 0.125. The third kappa shape index (κ3) is 2.53. The minimum atomic E-state index is -0.902. The quantitative estimate of drug-likeness (QED) is 0.798. The second kappa shape index (κ2) is 5.48. The fourth-order valence-corrected chi connectivity index (χ4v) is 2.92. The summed E-state index contributed by atoms with van der Waals surface area (Å²) in [6.45, 7) is 0.180. The summed E-state index contributed by atoms with van der Waals surface area (Å²) in [6.07, 6.45) is 0. The maximum Gasteiger partial charge on any atom is 0.312 e. The Bertz CT molecular complexity index is 712. The highest BCUT2D eigenvalue weighted by molar-refractivity contribution is 14.1. The van der Waals surface area contributed by atoms with Gasteiger partial charge in [0.1, 0.15) is 5.92 Å². The van der Waals surface area contributed by atoms with Gasteiger partial charge in [0.05, 0.1) is 0 Å². The maximum absolute atomic E-state index is 12.6. The van der Waals surface area contributed by atoms with Crippen molar-refractivity contribution in [2.75, 3.05) is 11.4 Å². The van der Waals surface area contributed by atoms with Crippen LogP contribution in [0.5, 0.6) is 0 Å². The lowest BCUT2D eigenvalue weighted by molar-refractivity contribution is -0.138. The van der Waals surface area contributed by atoms with Gasteiger partial charge in [0.15, 0.2) is 0 Å². The molecule has 5 heteroatoms. The lowest BCUT2D eigenvalue weighted by atomic mass is 10.0. The highest BCUT2D eigenvalue weighted by atomic mass is 127. The van der Waals surface area contributed by atoms with E-state index in [9.17, 15) is 14.7 Å². The smallest absolute Gasteiger partial charge is 0.312 e. The number of carbonyl (C=O) groups excluding carboxylic acids is 1. The molecule has 2 aromatic carbocycles. The number of benzene rings is 2. The molecule has 106 valence electrons. The van der Waals surface area contributed by atoms with E-state index in [2.05, 4.69) is 22.6 Å². The predicted molar refractivity (Wildman–Crippen MR) is 87.7 cm³/mol. The van der Waals surface area contributed by atoms with Gasteiger partial charge in [0.2, 0.25) is 0 Å². The Morgan fingerprint density at radius 1 is 1.10 bits per heavy atom. The number of hydrogen-bond donors (Lipinski definition) is 1. The van der Waals surface area contributed by atoms with Gasteiger partial charge in [-0.2, -0.15) is 0 Å². The van der Waals surface area contributed by atoms with Crippen LogP contribution in [0.1, 0.15) is 21.8 Å². The van der Waals surface area contributed by atoms with Crippen molar-refractivity contribution in [3.8, 4) is 0 Å². The summed E-state index contributed by atoms with van der Waals surface area (Å²) in [5.41, 5.74) is 1.95. The van der Waals surface area contributed by atoms with Crippen molar-refractivity contribution < 1.29 is 14.7 Å². The largest absolute Gasteiger partial charge is 0.481 e. The number of carbonyl (C=O) groups is 2. The van der Waals surface area contributed by atoms with E-state index in [-0.39, 0.29) is 12.5 Å². The lowest BCUT2D eigenvalue weighted by Crippen LogP contribution is -2.31. The topological polar surface area (TPSA) is 57.6 Å². The van der Waals surface area contributed by atoms with E-state index < -0.39 is 11.9 Å². The Hall–Kier alpha value is -1.89. The predicted octanol–water partition coefficient (Wildman–Crippen LogP) is 3.12. The maximum atomic E-state index is 12.6. The first-order chi connectivity index (χ1) is 10.1. The van der Waals surface area contributed by atoms with Crippen LogP contribution in [0, 0.1) is 3.57 Å². The van der Waals surface area contributed by atoms with Gasteiger partial charge in [0.25, 0.3) is 5.91 Å². The highest BCUT2D eigenvalue weighted by Crippen LogP contribution is 2.37. The molecule has 0 saturated carbocycles. The van der Waals surface area contributed by atoms with E-state index in [0.29, 0.717) is 16.8 Å². The van der Waals surface area contributed by atoms with Crippen LogP contribution in [-0.2, 0) is 4.79 Å². The van der Waals surface area contributed by atoms with Crippen molar-refractivity contribution in [1.29, 1.82) is 0 Å². The van der Waals surface area contributed by atoms with Crippen molar-refractivity contribution in [1.82, 2.24) is 0 Å². The van der Waals surface area contributed by atoms with E-state index in [4.69, 9.17) is 0 Å². The minimum Gasteiger partial charge on any atom is -0.481 e. The molecule has 4 nitrogen and oxygen atoms in total. The van der Waals surface area contributed by atoms with Gasteiger partial charge in [-0.05, 0) is 58.5 Å². The van der Waals surface area contributed by atoms with Gasteiger partial charge in [-0.25, -0.2) is 0 Å². The molecule has 0 saturated heterocycles. The van der Waals surface area contributed by atoms with Crippen LogP contribution in [0.3, 0.4) is 0 Å². The van der Waals surface area contributed by atoms with Gasteiger partial charge < -0.3 is 10.0 Å². The van der Waals surface area contributed by atoms with Crippen molar-refractivity contribution in [2.45, 2.75) is 5.92 Å². The standard InChI is InChI=1S/C16H12INO3/c17-11-7-5-10(6-8-11)15(19)18-9-13(16(20)21)12-3-1-2-4-14(12)18/h1-8,13H,9H2,(H,20,21). The van der Waals surface area contributed by atoms with Gasteiger partial charge in [-0.15, -0.1) is 0 Å². The first kappa shape index (κ1) is 14.1. The van der Waals surface area contributed by atoms with Crippen LogP contribution in [0.2, 0.25) is 0 Å². The zero-order valence-corrected chi connectivity index (χ0v) is 13.1. The normalized spacial score (nSPS) is 16.6. The van der Waals surface area contributed by atoms with E-state index in [1.54, 1.807) is 35.2 Å². The molecule has 1 heterocycles. The summed E-state index contributed by atoms with van der Waals surface area (Å²) in [6, 6.07) is 14.4. The first-order valence-electron chi connectivity index (χ1n) is 6.47. The zero-order chi connectivity index (χ0) is 15.0. The molecule has 0 bridgehead atoms. The highest BCUT2D eigenvalue weighted by Gasteiger charge is 2.36. The van der Waals surface area contributed by atoms with Crippen molar-refractivity contribution in [3.63, 3.8) is 0 Å². The lowest BCUT2D eigenvalue weighted by Gasteiger charge is -2.17. The fourth-order valence-electron chi connectivity index (χ4n) is 2.56. The number of para-hydroxylation sites is 1. The summed E-state index contributed by atoms with van der Waals surface area (Å²) < 4.78 is 1.05. The average Bonchev–Trinajstić information content (AvgIpc) is 2.87. The summed E-state index contributed by atoms with van der Waals surface area (Å²) in [5, 5.41) is 9.33. The number of anilines is 1. The molecular formula is C16H12INO3. The molecule has 0 aromatic heterocycles. The van der Waals surface area contributed by atoms with E-state index in [0.717, 1.165) is 3.57 Å². The molecule has 0 radical (unpaired) electrons. The Morgan fingerprint density at radius 3 is 2.43 bits per heavy atom. The minimum absolute atomic E-state index is 0.164. The van der Waals surface area contributed by atoms with Crippen LogP contribution in [0.4, 0.5) is 5.69 Å². The number of carboxylic acid groups (broad SMARTS) is 1. The van der Waals surface area contributed by atoms with E-state index in [1.165, 1.54) is 0 Å². The summed E-state index contributed by atoms with van der Waals surface area (Å²) in [4.78, 5) is 25.5. The Labute approximate surface area is 135 Å². The third-order valence-corrected chi connectivity index (χ3v) is 4.32. The van der Waals surface area contributed by atoms with E-state index >= 15 is 0 Å². The Kier molecular flexibility index (Phi) is 3.67. The number of fused-ring (bicyclic) bond motifs is 1. The number of hydrogen-bond acceptors (Lipinski definition) is 2. The molecule has 2 aromatic rings. The van der Waals surface area contributed by atoms with Crippen molar-refractivity contribution >= 4 is 40.2 Å². The first-order valence-corrected chi connectivity index (χ1v) is 7.55. The van der Waals surface area contributed by atoms with Crippen LogP contribution in [-0.4, -0.2) is 23.5 Å². The molecule has 1 aliphatic heterocycles. The van der Waals surface area contributed by atoms with E-state index in [1.807, 2.05) is 18.2 Å². The molecule has 0 spiro atoms. The average molecular weight is 393 g/mol. The molecule has 21 heavy (non-hydrogen) atoms. The van der Waals surface area contributed by atoms with Crippen LogP contribution in [0.15, 0.2) is 48.5 Å². The number of nitrogens with zero attached hydrogens (tertiary/aromatic N) is 1. The summed E-state index contributed by atoms with van der Waals surface area (Å²) >= 11 is 2.18. The second-order valence-corrected chi connectivity index (χ2v) is 6.12.